The Hall–Kier alpha value is -1.81. The third kappa shape index (κ3) is 4.08. The normalized spacial score (nSPS) is 11.9. The fourth-order valence-electron chi connectivity index (χ4n) is 2.27. The highest BCUT2D eigenvalue weighted by Gasteiger charge is 2.19. The molecule has 0 spiro atoms. The maximum atomic E-state index is 11.5. The SMILES string of the molecule is CCc1cc(Br)ccc1NCC(C(=O)O)c1ccccc1. The zero-order valence-electron chi connectivity index (χ0n) is 11.8. The van der Waals surface area contributed by atoms with Crippen LogP contribution in [0.15, 0.2) is 53.0 Å². The molecule has 0 aliphatic carbocycles. The van der Waals surface area contributed by atoms with Crippen molar-refractivity contribution in [3.05, 3.63) is 64.1 Å². The Morgan fingerprint density at radius 3 is 2.57 bits per heavy atom. The predicted octanol–water partition coefficient (Wildman–Crippen LogP) is 4.29. The van der Waals surface area contributed by atoms with Crippen LogP contribution >= 0.6 is 15.9 Å². The van der Waals surface area contributed by atoms with Crippen molar-refractivity contribution in [2.24, 2.45) is 0 Å². The summed E-state index contributed by atoms with van der Waals surface area (Å²) >= 11 is 3.46. The lowest BCUT2D eigenvalue weighted by atomic mass is 9.99. The number of rotatable bonds is 6. The Labute approximate surface area is 133 Å². The van der Waals surface area contributed by atoms with Crippen molar-refractivity contribution in [3.63, 3.8) is 0 Å². The van der Waals surface area contributed by atoms with Crippen molar-refractivity contribution < 1.29 is 9.90 Å². The second-order valence-electron chi connectivity index (χ2n) is 4.84. The Morgan fingerprint density at radius 2 is 1.95 bits per heavy atom. The van der Waals surface area contributed by atoms with Gasteiger partial charge in [0.05, 0.1) is 5.92 Å². The van der Waals surface area contributed by atoms with E-state index in [9.17, 15) is 9.90 Å². The smallest absolute Gasteiger partial charge is 0.312 e. The molecule has 110 valence electrons. The quantitative estimate of drug-likeness (QED) is 0.819. The zero-order chi connectivity index (χ0) is 15.2. The molecule has 0 bridgehead atoms. The highest BCUT2D eigenvalue weighted by atomic mass is 79.9. The monoisotopic (exact) mass is 347 g/mol. The van der Waals surface area contributed by atoms with Crippen LogP contribution in [0, 0.1) is 0 Å². The van der Waals surface area contributed by atoms with E-state index >= 15 is 0 Å². The molecule has 0 heterocycles. The number of anilines is 1. The Kier molecular flexibility index (Phi) is 5.39. The van der Waals surface area contributed by atoms with Gasteiger partial charge >= 0.3 is 5.97 Å². The minimum atomic E-state index is -0.816. The number of carboxylic acid groups (broad SMARTS) is 1. The van der Waals surface area contributed by atoms with E-state index in [4.69, 9.17) is 0 Å². The molecule has 1 unspecified atom stereocenters. The number of aliphatic carboxylic acids is 1. The summed E-state index contributed by atoms with van der Waals surface area (Å²) < 4.78 is 1.03. The van der Waals surface area contributed by atoms with Crippen molar-refractivity contribution >= 4 is 27.6 Å². The van der Waals surface area contributed by atoms with E-state index in [1.165, 1.54) is 5.56 Å². The predicted molar refractivity (Wildman–Crippen MR) is 88.8 cm³/mol. The summed E-state index contributed by atoms with van der Waals surface area (Å²) in [5, 5.41) is 12.7. The maximum Gasteiger partial charge on any atom is 0.312 e. The Morgan fingerprint density at radius 1 is 1.24 bits per heavy atom. The average molecular weight is 348 g/mol. The van der Waals surface area contributed by atoms with Crippen LogP contribution in [0.5, 0.6) is 0 Å². The van der Waals surface area contributed by atoms with Crippen LogP contribution in [-0.2, 0) is 11.2 Å². The lowest BCUT2D eigenvalue weighted by Crippen LogP contribution is -2.21. The van der Waals surface area contributed by atoms with Gasteiger partial charge in [-0.1, -0.05) is 53.2 Å². The van der Waals surface area contributed by atoms with Gasteiger partial charge in [0.1, 0.15) is 0 Å². The first kappa shape index (κ1) is 15.6. The molecule has 2 aromatic rings. The number of carbonyl (C=O) groups is 1. The van der Waals surface area contributed by atoms with Crippen molar-refractivity contribution in [2.75, 3.05) is 11.9 Å². The minimum Gasteiger partial charge on any atom is -0.481 e. The molecule has 0 saturated heterocycles. The molecule has 0 aliphatic rings. The molecule has 0 radical (unpaired) electrons. The largest absolute Gasteiger partial charge is 0.481 e. The lowest BCUT2D eigenvalue weighted by molar-refractivity contribution is -0.138. The van der Waals surface area contributed by atoms with Gasteiger partial charge in [0.2, 0.25) is 0 Å². The second kappa shape index (κ2) is 7.27. The highest BCUT2D eigenvalue weighted by Crippen LogP contribution is 2.23. The summed E-state index contributed by atoms with van der Waals surface area (Å²) in [6, 6.07) is 15.3. The third-order valence-electron chi connectivity index (χ3n) is 3.44. The van der Waals surface area contributed by atoms with Gasteiger partial charge < -0.3 is 10.4 Å². The van der Waals surface area contributed by atoms with E-state index in [2.05, 4.69) is 34.2 Å². The fraction of sp³-hybridized carbons (Fsp3) is 0.235. The fourth-order valence-corrected chi connectivity index (χ4v) is 2.68. The summed E-state index contributed by atoms with van der Waals surface area (Å²) in [4.78, 5) is 11.5. The molecule has 0 saturated carbocycles. The summed E-state index contributed by atoms with van der Waals surface area (Å²) in [6.45, 7) is 2.45. The summed E-state index contributed by atoms with van der Waals surface area (Å²) in [6.07, 6.45) is 0.894. The minimum absolute atomic E-state index is 0.369. The zero-order valence-corrected chi connectivity index (χ0v) is 13.4. The standard InChI is InChI=1S/C17H18BrNO2/c1-2-12-10-14(18)8-9-16(12)19-11-15(17(20)21)13-6-4-3-5-7-13/h3-10,15,19H,2,11H2,1H3,(H,20,21). The lowest BCUT2D eigenvalue weighted by Gasteiger charge is -2.17. The molecule has 3 nitrogen and oxygen atoms in total. The van der Waals surface area contributed by atoms with Crippen LogP contribution in [0.25, 0.3) is 0 Å². The number of benzene rings is 2. The Balaban J connectivity index is 2.15. The van der Waals surface area contributed by atoms with E-state index < -0.39 is 11.9 Å². The molecular weight excluding hydrogens is 330 g/mol. The van der Waals surface area contributed by atoms with E-state index in [0.29, 0.717) is 6.54 Å². The van der Waals surface area contributed by atoms with E-state index in [-0.39, 0.29) is 0 Å². The number of hydrogen-bond donors (Lipinski definition) is 2. The molecule has 2 N–H and O–H groups in total. The number of nitrogens with one attached hydrogen (secondary N) is 1. The van der Waals surface area contributed by atoms with Gasteiger partial charge in [-0.2, -0.15) is 0 Å². The van der Waals surface area contributed by atoms with E-state index in [1.54, 1.807) is 0 Å². The Bertz CT molecular complexity index is 613. The molecule has 2 rings (SSSR count). The van der Waals surface area contributed by atoms with Crippen LogP contribution < -0.4 is 5.32 Å². The van der Waals surface area contributed by atoms with Gasteiger partial charge in [0.25, 0.3) is 0 Å². The van der Waals surface area contributed by atoms with Crippen LogP contribution in [0.1, 0.15) is 24.0 Å². The van der Waals surface area contributed by atoms with Gasteiger partial charge in [-0.15, -0.1) is 0 Å². The van der Waals surface area contributed by atoms with Crippen molar-refractivity contribution in [1.82, 2.24) is 0 Å². The molecule has 0 fully saturated rings. The highest BCUT2D eigenvalue weighted by molar-refractivity contribution is 9.10. The van der Waals surface area contributed by atoms with Crippen LogP contribution in [-0.4, -0.2) is 17.6 Å². The number of halogens is 1. The number of aryl methyl sites for hydroxylation is 1. The van der Waals surface area contributed by atoms with Gasteiger partial charge in [-0.05, 0) is 35.7 Å². The molecule has 2 aromatic carbocycles. The van der Waals surface area contributed by atoms with Crippen molar-refractivity contribution in [1.29, 1.82) is 0 Å². The number of hydrogen-bond acceptors (Lipinski definition) is 2. The summed E-state index contributed by atoms with van der Waals surface area (Å²) in [5.41, 5.74) is 2.97. The van der Waals surface area contributed by atoms with Gasteiger partial charge in [-0.3, -0.25) is 4.79 Å². The first-order valence-electron chi connectivity index (χ1n) is 6.92. The van der Waals surface area contributed by atoms with Crippen LogP contribution in [0.2, 0.25) is 0 Å². The van der Waals surface area contributed by atoms with E-state index in [1.807, 2.05) is 42.5 Å². The van der Waals surface area contributed by atoms with Gasteiger partial charge in [0, 0.05) is 16.7 Å². The van der Waals surface area contributed by atoms with Crippen molar-refractivity contribution in [3.8, 4) is 0 Å². The first-order valence-corrected chi connectivity index (χ1v) is 7.71. The first-order chi connectivity index (χ1) is 10.1. The topological polar surface area (TPSA) is 49.3 Å². The molecule has 21 heavy (non-hydrogen) atoms. The average Bonchev–Trinajstić information content (AvgIpc) is 2.49. The van der Waals surface area contributed by atoms with E-state index in [0.717, 1.165) is 22.1 Å². The van der Waals surface area contributed by atoms with Crippen LogP contribution in [0.4, 0.5) is 5.69 Å². The molecule has 0 amide bonds. The van der Waals surface area contributed by atoms with Crippen LogP contribution in [0.3, 0.4) is 0 Å². The summed E-state index contributed by atoms with van der Waals surface area (Å²) in [5.74, 6) is -1.37. The van der Waals surface area contributed by atoms with Gasteiger partial charge in [-0.25, -0.2) is 0 Å². The number of carboxylic acids is 1. The van der Waals surface area contributed by atoms with Gasteiger partial charge in [0.15, 0.2) is 0 Å². The molecule has 0 aliphatic heterocycles. The maximum absolute atomic E-state index is 11.5. The molecular formula is C17H18BrNO2. The third-order valence-corrected chi connectivity index (χ3v) is 3.94. The molecule has 1 atom stereocenters. The molecule has 4 heteroatoms. The molecule has 0 aromatic heterocycles. The van der Waals surface area contributed by atoms with Crippen molar-refractivity contribution in [2.45, 2.75) is 19.3 Å². The summed E-state index contributed by atoms with van der Waals surface area (Å²) in [7, 11) is 0. The second-order valence-corrected chi connectivity index (χ2v) is 5.75.